The maximum atomic E-state index is 12.9. The Morgan fingerprint density at radius 1 is 1.26 bits per heavy atom. The average Bonchev–Trinajstić information content (AvgIpc) is 2.39. The molecule has 0 aromatic heterocycles. The van der Waals surface area contributed by atoms with E-state index in [1.54, 1.807) is 6.07 Å². The van der Waals surface area contributed by atoms with Crippen LogP contribution in [0, 0.1) is 0 Å². The van der Waals surface area contributed by atoms with Crippen molar-refractivity contribution in [3.63, 3.8) is 0 Å². The van der Waals surface area contributed by atoms with E-state index >= 15 is 0 Å². The number of benzene rings is 1. The van der Waals surface area contributed by atoms with Crippen molar-refractivity contribution in [2.75, 3.05) is 13.2 Å². The monoisotopic (exact) mass is 291 g/mol. The van der Waals surface area contributed by atoms with Crippen LogP contribution in [0.25, 0.3) is 0 Å². The van der Waals surface area contributed by atoms with Crippen LogP contribution in [0.1, 0.15) is 24.8 Å². The Bertz CT molecular complexity index is 425. The van der Waals surface area contributed by atoms with Gasteiger partial charge in [-0.1, -0.05) is 18.6 Å². The lowest BCUT2D eigenvalue weighted by Crippen LogP contribution is -2.37. The molecule has 1 aromatic carbocycles. The van der Waals surface area contributed by atoms with Gasteiger partial charge in [0, 0.05) is 17.5 Å². The zero-order chi connectivity index (χ0) is 13.9. The molecule has 0 saturated carbocycles. The molecule has 0 amide bonds. The molecule has 0 radical (unpaired) electrons. The van der Waals surface area contributed by atoms with Crippen LogP contribution in [-0.4, -0.2) is 28.6 Å². The summed E-state index contributed by atoms with van der Waals surface area (Å²) < 4.78 is 40.6. The van der Waals surface area contributed by atoms with Gasteiger partial charge in [-0.3, -0.25) is 0 Å². The van der Waals surface area contributed by atoms with Crippen molar-refractivity contribution >= 4 is 11.9 Å². The van der Waals surface area contributed by atoms with Gasteiger partial charge in [-0.2, -0.15) is 13.2 Å². The van der Waals surface area contributed by atoms with Crippen LogP contribution in [0.5, 0.6) is 0 Å². The second-order valence-corrected chi connectivity index (χ2v) is 5.65. The van der Waals surface area contributed by atoms with E-state index in [1.807, 2.05) is 4.31 Å². The summed E-state index contributed by atoms with van der Waals surface area (Å²) in [5, 5.41) is 9.29. The molecule has 2 rings (SSSR count). The third-order valence-corrected chi connectivity index (χ3v) is 4.46. The Morgan fingerprint density at radius 2 is 2.00 bits per heavy atom. The zero-order valence-corrected chi connectivity index (χ0v) is 11.2. The van der Waals surface area contributed by atoms with Gasteiger partial charge in [-0.25, -0.2) is 4.31 Å². The fraction of sp³-hybridized carbons (Fsp3) is 0.538. The van der Waals surface area contributed by atoms with E-state index in [2.05, 4.69) is 0 Å². The van der Waals surface area contributed by atoms with Crippen LogP contribution in [0.3, 0.4) is 0 Å². The molecule has 0 aliphatic carbocycles. The van der Waals surface area contributed by atoms with Crippen molar-refractivity contribution in [3.8, 4) is 0 Å². The molecule has 1 heterocycles. The molecule has 1 saturated heterocycles. The minimum atomic E-state index is -4.34. The summed E-state index contributed by atoms with van der Waals surface area (Å²) in [6.45, 7) is 0.698. The summed E-state index contributed by atoms with van der Waals surface area (Å²) >= 11 is 1.10. The number of rotatable bonds is 3. The number of alkyl halides is 3. The van der Waals surface area contributed by atoms with Crippen molar-refractivity contribution < 1.29 is 18.3 Å². The van der Waals surface area contributed by atoms with Crippen LogP contribution in [0.15, 0.2) is 29.2 Å². The van der Waals surface area contributed by atoms with Gasteiger partial charge in [0.2, 0.25) is 0 Å². The molecule has 0 bridgehead atoms. The molecule has 106 valence electrons. The predicted octanol–water partition coefficient (Wildman–Crippen LogP) is 3.56. The van der Waals surface area contributed by atoms with E-state index in [-0.39, 0.29) is 17.5 Å². The Hall–Kier alpha value is -0.720. The second-order valence-electron chi connectivity index (χ2n) is 4.56. The molecular formula is C13H16F3NOS. The molecular weight excluding hydrogens is 275 g/mol. The van der Waals surface area contributed by atoms with E-state index in [9.17, 15) is 18.3 Å². The normalized spacial score (nSPS) is 21.6. The van der Waals surface area contributed by atoms with E-state index < -0.39 is 11.7 Å². The number of hydrogen-bond acceptors (Lipinski definition) is 3. The van der Waals surface area contributed by atoms with Crippen molar-refractivity contribution in [2.24, 2.45) is 0 Å². The third kappa shape index (κ3) is 3.64. The second kappa shape index (κ2) is 6.15. The van der Waals surface area contributed by atoms with Gasteiger partial charge in [0.05, 0.1) is 12.2 Å². The molecule has 1 unspecified atom stereocenters. The van der Waals surface area contributed by atoms with E-state index in [0.29, 0.717) is 6.54 Å². The molecule has 2 nitrogen and oxygen atoms in total. The van der Waals surface area contributed by atoms with Gasteiger partial charge in [0.25, 0.3) is 0 Å². The van der Waals surface area contributed by atoms with Crippen molar-refractivity contribution in [1.29, 1.82) is 0 Å². The summed E-state index contributed by atoms with van der Waals surface area (Å²) in [6.07, 6.45) is -1.54. The molecule has 1 aromatic rings. The summed E-state index contributed by atoms with van der Waals surface area (Å²) in [5.41, 5.74) is -0.609. The van der Waals surface area contributed by atoms with Crippen LogP contribution < -0.4 is 0 Å². The van der Waals surface area contributed by atoms with Gasteiger partial charge in [0.15, 0.2) is 0 Å². The summed E-state index contributed by atoms with van der Waals surface area (Å²) in [4.78, 5) is 0.204. The minimum absolute atomic E-state index is 0.0127. The average molecular weight is 291 g/mol. The standard InChI is InChI=1S/C13H16F3NOS/c14-13(15,16)11-6-1-2-7-12(11)19-17-8-4-3-5-10(17)9-18/h1-2,6-7,10,18H,3-5,8-9H2. The van der Waals surface area contributed by atoms with E-state index in [0.717, 1.165) is 37.3 Å². The Labute approximate surface area is 114 Å². The highest BCUT2D eigenvalue weighted by atomic mass is 32.2. The first-order chi connectivity index (χ1) is 9.02. The Balaban J connectivity index is 2.18. The van der Waals surface area contributed by atoms with Gasteiger partial charge in [0.1, 0.15) is 0 Å². The fourth-order valence-corrected chi connectivity index (χ4v) is 3.40. The van der Waals surface area contributed by atoms with Gasteiger partial charge in [-0.05, 0) is 36.9 Å². The lowest BCUT2D eigenvalue weighted by atomic mass is 10.1. The van der Waals surface area contributed by atoms with Gasteiger partial charge in [-0.15, -0.1) is 0 Å². The molecule has 1 fully saturated rings. The Kier molecular flexibility index (Phi) is 4.76. The van der Waals surface area contributed by atoms with Crippen LogP contribution in [0.2, 0.25) is 0 Å². The molecule has 1 aliphatic rings. The highest BCUT2D eigenvalue weighted by Crippen LogP contribution is 2.39. The van der Waals surface area contributed by atoms with E-state index in [4.69, 9.17) is 0 Å². The van der Waals surface area contributed by atoms with Crippen LogP contribution in [0.4, 0.5) is 13.2 Å². The summed E-state index contributed by atoms with van der Waals surface area (Å²) in [6, 6.07) is 5.53. The smallest absolute Gasteiger partial charge is 0.395 e. The quantitative estimate of drug-likeness (QED) is 0.861. The van der Waals surface area contributed by atoms with Gasteiger partial charge < -0.3 is 5.11 Å². The minimum Gasteiger partial charge on any atom is -0.395 e. The molecule has 1 atom stereocenters. The van der Waals surface area contributed by atoms with E-state index in [1.165, 1.54) is 12.1 Å². The largest absolute Gasteiger partial charge is 0.417 e. The number of hydrogen-bond donors (Lipinski definition) is 1. The van der Waals surface area contributed by atoms with Crippen molar-refractivity contribution in [2.45, 2.75) is 36.4 Å². The molecule has 1 aliphatic heterocycles. The maximum absolute atomic E-state index is 12.9. The number of halogens is 3. The molecule has 6 heteroatoms. The highest BCUT2D eigenvalue weighted by molar-refractivity contribution is 7.97. The number of nitrogens with zero attached hydrogens (tertiary/aromatic N) is 1. The lowest BCUT2D eigenvalue weighted by Gasteiger charge is -2.33. The SMILES string of the molecule is OCC1CCCCN1Sc1ccccc1C(F)(F)F. The summed E-state index contributed by atoms with van der Waals surface area (Å²) in [7, 11) is 0. The maximum Gasteiger partial charge on any atom is 0.417 e. The highest BCUT2D eigenvalue weighted by Gasteiger charge is 2.34. The molecule has 0 spiro atoms. The zero-order valence-electron chi connectivity index (χ0n) is 10.4. The van der Waals surface area contributed by atoms with Gasteiger partial charge >= 0.3 is 6.18 Å². The van der Waals surface area contributed by atoms with Crippen LogP contribution in [-0.2, 0) is 6.18 Å². The fourth-order valence-electron chi connectivity index (χ4n) is 2.18. The summed E-state index contributed by atoms with van der Waals surface area (Å²) in [5.74, 6) is 0. The first kappa shape index (κ1) is 14.7. The van der Waals surface area contributed by atoms with Crippen molar-refractivity contribution in [1.82, 2.24) is 4.31 Å². The lowest BCUT2D eigenvalue weighted by molar-refractivity contribution is -0.139. The first-order valence-electron chi connectivity index (χ1n) is 6.24. The number of piperidine rings is 1. The topological polar surface area (TPSA) is 23.5 Å². The predicted molar refractivity (Wildman–Crippen MR) is 68.7 cm³/mol. The third-order valence-electron chi connectivity index (χ3n) is 3.19. The van der Waals surface area contributed by atoms with Crippen molar-refractivity contribution in [3.05, 3.63) is 29.8 Å². The molecule has 19 heavy (non-hydrogen) atoms. The Morgan fingerprint density at radius 3 is 2.68 bits per heavy atom. The van der Waals surface area contributed by atoms with Crippen LogP contribution >= 0.6 is 11.9 Å². The first-order valence-corrected chi connectivity index (χ1v) is 7.01. The molecule has 1 N–H and O–H groups in total. The number of aliphatic hydroxyl groups is 1. The number of aliphatic hydroxyl groups excluding tert-OH is 1.